The van der Waals surface area contributed by atoms with Crippen molar-refractivity contribution in [3.63, 3.8) is 0 Å². The third-order valence-electron chi connectivity index (χ3n) is 3.56. The second-order valence-electron chi connectivity index (χ2n) is 4.85. The largest absolute Gasteiger partial charge is 0.409 e. The van der Waals surface area contributed by atoms with Gasteiger partial charge in [-0.05, 0) is 37.8 Å². The minimum Gasteiger partial charge on any atom is -0.409 e. The molecule has 0 saturated carbocycles. The highest BCUT2D eigenvalue weighted by molar-refractivity contribution is 5.96. The molecule has 0 unspecified atom stereocenters. The van der Waals surface area contributed by atoms with Gasteiger partial charge in [-0.15, -0.1) is 0 Å². The molecule has 1 aromatic rings. The van der Waals surface area contributed by atoms with Gasteiger partial charge in [0.15, 0.2) is 5.84 Å². The highest BCUT2D eigenvalue weighted by atomic mass is 16.5. The first kappa shape index (κ1) is 13.6. The lowest BCUT2D eigenvalue weighted by atomic mass is 10.00. The van der Waals surface area contributed by atoms with Crippen LogP contribution in [0.2, 0.25) is 0 Å². The van der Waals surface area contributed by atoms with Crippen LogP contribution in [0.25, 0.3) is 0 Å². The molecular formula is C13H19N3O3. The van der Waals surface area contributed by atoms with Crippen molar-refractivity contribution in [3.05, 3.63) is 33.7 Å². The van der Waals surface area contributed by atoms with Crippen molar-refractivity contribution in [3.8, 4) is 0 Å². The SMILES string of the molecule is Cc1ccc(/C(N)=N/O)c(=O)n1CC1CCOCC1. The summed E-state index contributed by atoms with van der Waals surface area (Å²) < 4.78 is 7.02. The quantitative estimate of drug-likeness (QED) is 0.364. The zero-order chi connectivity index (χ0) is 13.8. The molecule has 1 aliphatic heterocycles. The number of hydrogen-bond acceptors (Lipinski definition) is 4. The molecule has 1 fully saturated rings. The number of nitrogens with two attached hydrogens (primary N) is 1. The average Bonchev–Trinajstić information content (AvgIpc) is 2.44. The lowest BCUT2D eigenvalue weighted by molar-refractivity contribution is 0.0607. The van der Waals surface area contributed by atoms with Crippen LogP contribution in [-0.4, -0.2) is 28.8 Å². The molecule has 19 heavy (non-hydrogen) atoms. The molecule has 1 aliphatic rings. The molecule has 3 N–H and O–H groups in total. The molecule has 1 saturated heterocycles. The highest BCUT2D eigenvalue weighted by Gasteiger charge is 2.17. The van der Waals surface area contributed by atoms with Crippen molar-refractivity contribution in [1.82, 2.24) is 4.57 Å². The van der Waals surface area contributed by atoms with Gasteiger partial charge in [0.25, 0.3) is 5.56 Å². The van der Waals surface area contributed by atoms with Gasteiger partial charge in [-0.1, -0.05) is 5.16 Å². The Morgan fingerprint density at radius 3 is 2.84 bits per heavy atom. The van der Waals surface area contributed by atoms with E-state index in [2.05, 4.69) is 5.16 Å². The van der Waals surface area contributed by atoms with Crippen LogP contribution in [0, 0.1) is 12.8 Å². The molecule has 104 valence electrons. The van der Waals surface area contributed by atoms with Crippen LogP contribution in [0.3, 0.4) is 0 Å². The van der Waals surface area contributed by atoms with E-state index < -0.39 is 0 Å². The van der Waals surface area contributed by atoms with E-state index in [-0.39, 0.29) is 17.0 Å². The van der Waals surface area contributed by atoms with Gasteiger partial charge in [-0.25, -0.2) is 0 Å². The van der Waals surface area contributed by atoms with Crippen LogP contribution in [0.15, 0.2) is 22.1 Å². The summed E-state index contributed by atoms with van der Waals surface area (Å²) in [5, 5.41) is 11.6. The predicted molar refractivity (Wildman–Crippen MR) is 71.5 cm³/mol. The Kier molecular flexibility index (Phi) is 4.21. The van der Waals surface area contributed by atoms with Crippen molar-refractivity contribution in [1.29, 1.82) is 0 Å². The Morgan fingerprint density at radius 1 is 1.53 bits per heavy atom. The Bertz CT molecular complexity index is 530. The summed E-state index contributed by atoms with van der Waals surface area (Å²) in [6.45, 7) is 4.04. The molecule has 6 heteroatoms. The molecule has 0 aromatic carbocycles. The number of rotatable bonds is 3. The van der Waals surface area contributed by atoms with Gasteiger partial charge in [-0.2, -0.15) is 0 Å². The maximum atomic E-state index is 12.3. The molecular weight excluding hydrogens is 246 g/mol. The van der Waals surface area contributed by atoms with Crippen LogP contribution in [-0.2, 0) is 11.3 Å². The maximum absolute atomic E-state index is 12.3. The standard InChI is InChI=1S/C13H19N3O3/c1-9-2-3-11(12(14)15-18)13(17)16(9)8-10-4-6-19-7-5-10/h2-3,10,18H,4-8H2,1H3,(H2,14,15). The highest BCUT2D eigenvalue weighted by Crippen LogP contribution is 2.17. The van der Waals surface area contributed by atoms with Crippen molar-refractivity contribution >= 4 is 5.84 Å². The Morgan fingerprint density at radius 2 is 2.21 bits per heavy atom. The number of ether oxygens (including phenoxy) is 1. The molecule has 0 radical (unpaired) electrons. The summed E-state index contributed by atoms with van der Waals surface area (Å²) in [5.74, 6) is 0.290. The lowest BCUT2D eigenvalue weighted by Gasteiger charge is -2.24. The zero-order valence-electron chi connectivity index (χ0n) is 11.0. The Hall–Kier alpha value is -1.82. The second kappa shape index (κ2) is 5.88. The molecule has 2 rings (SSSR count). The monoisotopic (exact) mass is 265 g/mol. The van der Waals surface area contributed by atoms with E-state index in [1.54, 1.807) is 10.6 Å². The molecule has 1 aromatic heterocycles. The Balaban J connectivity index is 2.31. The fraction of sp³-hybridized carbons (Fsp3) is 0.538. The van der Waals surface area contributed by atoms with E-state index in [1.807, 2.05) is 13.0 Å². The van der Waals surface area contributed by atoms with Crippen LogP contribution in [0.4, 0.5) is 0 Å². The number of aryl methyl sites for hydroxylation is 1. The van der Waals surface area contributed by atoms with Gasteiger partial charge in [-0.3, -0.25) is 4.79 Å². The number of nitrogens with zero attached hydrogens (tertiary/aromatic N) is 2. The van der Waals surface area contributed by atoms with E-state index in [1.165, 1.54) is 0 Å². The van der Waals surface area contributed by atoms with Crippen molar-refractivity contribution in [2.24, 2.45) is 16.8 Å². The predicted octanol–water partition coefficient (Wildman–Crippen LogP) is 0.678. The summed E-state index contributed by atoms with van der Waals surface area (Å²) in [6, 6.07) is 3.40. The number of aromatic nitrogens is 1. The first-order valence-corrected chi connectivity index (χ1v) is 6.39. The minimum absolute atomic E-state index is 0.147. The third-order valence-corrected chi connectivity index (χ3v) is 3.56. The molecule has 0 aliphatic carbocycles. The van der Waals surface area contributed by atoms with Crippen LogP contribution in [0.5, 0.6) is 0 Å². The van der Waals surface area contributed by atoms with Gasteiger partial charge < -0.3 is 20.2 Å². The van der Waals surface area contributed by atoms with Gasteiger partial charge in [0, 0.05) is 25.5 Å². The summed E-state index contributed by atoms with van der Waals surface area (Å²) in [6.07, 6.45) is 1.92. The second-order valence-corrected chi connectivity index (χ2v) is 4.85. The maximum Gasteiger partial charge on any atom is 0.261 e. The first-order valence-electron chi connectivity index (χ1n) is 6.39. The minimum atomic E-state index is -0.207. The number of hydrogen-bond donors (Lipinski definition) is 2. The normalized spacial score (nSPS) is 17.6. The molecule has 0 bridgehead atoms. The van der Waals surface area contributed by atoms with Gasteiger partial charge in [0.1, 0.15) is 0 Å². The third kappa shape index (κ3) is 2.96. The number of oxime groups is 1. The summed E-state index contributed by atoms with van der Waals surface area (Å²) in [4.78, 5) is 12.3. The van der Waals surface area contributed by atoms with Crippen molar-refractivity contribution in [2.45, 2.75) is 26.3 Å². The van der Waals surface area contributed by atoms with E-state index >= 15 is 0 Å². The summed E-state index contributed by atoms with van der Waals surface area (Å²) >= 11 is 0. The van der Waals surface area contributed by atoms with Crippen LogP contribution < -0.4 is 11.3 Å². The van der Waals surface area contributed by atoms with E-state index in [0.717, 1.165) is 31.7 Å². The smallest absolute Gasteiger partial charge is 0.261 e. The van der Waals surface area contributed by atoms with E-state index in [4.69, 9.17) is 15.7 Å². The molecule has 6 nitrogen and oxygen atoms in total. The van der Waals surface area contributed by atoms with Gasteiger partial charge >= 0.3 is 0 Å². The summed E-state index contributed by atoms with van der Waals surface area (Å²) in [5.41, 5.74) is 6.42. The number of pyridine rings is 1. The summed E-state index contributed by atoms with van der Waals surface area (Å²) in [7, 11) is 0. The van der Waals surface area contributed by atoms with Crippen LogP contribution in [0.1, 0.15) is 24.1 Å². The molecule has 2 heterocycles. The molecule has 0 spiro atoms. The lowest BCUT2D eigenvalue weighted by Crippen LogP contribution is -2.34. The van der Waals surface area contributed by atoms with Gasteiger partial charge in [0.05, 0.1) is 5.56 Å². The number of amidine groups is 1. The topological polar surface area (TPSA) is 89.8 Å². The zero-order valence-corrected chi connectivity index (χ0v) is 11.0. The van der Waals surface area contributed by atoms with Crippen molar-refractivity contribution < 1.29 is 9.94 Å². The van der Waals surface area contributed by atoms with E-state index in [0.29, 0.717) is 12.5 Å². The van der Waals surface area contributed by atoms with E-state index in [9.17, 15) is 4.79 Å². The fourth-order valence-corrected chi connectivity index (χ4v) is 2.33. The average molecular weight is 265 g/mol. The Labute approximate surface area is 111 Å². The molecule has 0 amide bonds. The molecule has 0 atom stereocenters. The first-order chi connectivity index (χ1) is 9.13. The van der Waals surface area contributed by atoms with Gasteiger partial charge in [0.2, 0.25) is 0 Å². The van der Waals surface area contributed by atoms with Crippen molar-refractivity contribution in [2.75, 3.05) is 13.2 Å². The fourth-order valence-electron chi connectivity index (χ4n) is 2.33. The van der Waals surface area contributed by atoms with Crippen LogP contribution >= 0.6 is 0 Å².